The first-order valence-electron chi connectivity index (χ1n) is 6.98. The van der Waals surface area contributed by atoms with Gasteiger partial charge in [0.1, 0.15) is 10.8 Å². The predicted octanol–water partition coefficient (Wildman–Crippen LogP) is 3.90. The van der Waals surface area contributed by atoms with E-state index in [1.54, 1.807) is 19.2 Å². The van der Waals surface area contributed by atoms with E-state index in [0.29, 0.717) is 23.2 Å². The maximum Gasteiger partial charge on any atom is 0.133 e. The first-order valence-corrected chi connectivity index (χ1v) is 7.80. The standard InChI is InChI=1S/C16H21FN2OS/c1-10(2)18-8-15-14(9-20-4)19-16(21-15)12-6-5-11(3)7-13(12)17/h5-7,10,18H,8-9H2,1-4H3. The fourth-order valence-electron chi connectivity index (χ4n) is 1.98. The van der Waals surface area contributed by atoms with Gasteiger partial charge < -0.3 is 10.1 Å². The topological polar surface area (TPSA) is 34.1 Å². The number of rotatable bonds is 6. The Bertz CT molecular complexity index is 610. The quantitative estimate of drug-likeness (QED) is 0.879. The van der Waals surface area contributed by atoms with Crippen molar-refractivity contribution in [3.05, 3.63) is 40.2 Å². The summed E-state index contributed by atoms with van der Waals surface area (Å²) in [6.45, 7) is 7.23. The van der Waals surface area contributed by atoms with Crippen LogP contribution in [0.4, 0.5) is 4.39 Å². The number of ether oxygens (including phenoxy) is 1. The zero-order chi connectivity index (χ0) is 15.4. The number of nitrogens with one attached hydrogen (secondary N) is 1. The number of nitrogens with zero attached hydrogens (tertiary/aromatic N) is 1. The zero-order valence-electron chi connectivity index (χ0n) is 12.9. The molecule has 114 valence electrons. The van der Waals surface area contributed by atoms with Crippen molar-refractivity contribution in [1.82, 2.24) is 10.3 Å². The van der Waals surface area contributed by atoms with Gasteiger partial charge in [0.15, 0.2) is 0 Å². The summed E-state index contributed by atoms with van der Waals surface area (Å²) in [6.07, 6.45) is 0. The number of thiazole rings is 1. The summed E-state index contributed by atoms with van der Waals surface area (Å²) < 4.78 is 19.3. The molecule has 1 heterocycles. The first kappa shape index (κ1) is 16.1. The highest BCUT2D eigenvalue weighted by atomic mass is 32.1. The van der Waals surface area contributed by atoms with E-state index >= 15 is 0 Å². The van der Waals surface area contributed by atoms with Crippen LogP contribution in [0.5, 0.6) is 0 Å². The van der Waals surface area contributed by atoms with Gasteiger partial charge >= 0.3 is 0 Å². The lowest BCUT2D eigenvalue weighted by molar-refractivity contribution is 0.181. The van der Waals surface area contributed by atoms with Crippen LogP contribution in [0.3, 0.4) is 0 Å². The van der Waals surface area contributed by atoms with Crippen LogP contribution < -0.4 is 5.32 Å². The Hall–Kier alpha value is -1.30. The highest BCUT2D eigenvalue weighted by molar-refractivity contribution is 7.15. The summed E-state index contributed by atoms with van der Waals surface area (Å²) in [5.41, 5.74) is 2.34. The fraction of sp³-hybridized carbons (Fsp3) is 0.438. The van der Waals surface area contributed by atoms with Crippen molar-refractivity contribution in [1.29, 1.82) is 0 Å². The first-order chi connectivity index (χ1) is 10.0. The van der Waals surface area contributed by atoms with Gasteiger partial charge in [0.25, 0.3) is 0 Å². The molecule has 1 aromatic carbocycles. The van der Waals surface area contributed by atoms with Crippen molar-refractivity contribution < 1.29 is 9.13 Å². The van der Waals surface area contributed by atoms with Gasteiger partial charge in [-0.25, -0.2) is 9.37 Å². The molecule has 3 nitrogen and oxygen atoms in total. The Balaban J connectivity index is 2.33. The molecule has 0 amide bonds. The van der Waals surface area contributed by atoms with Crippen LogP contribution in [0.2, 0.25) is 0 Å². The van der Waals surface area contributed by atoms with Gasteiger partial charge in [0.05, 0.1) is 12.3 Å². The van der Waals surface area contributed by atoms with E-state index in [1.165, 1.54) is 11.3 Å². The third-order valence-corrected chi connectivity index (χ3v) is 4.22. The maximum absolute atomic E-state index is 14.1. The Labute approximate surface area is 129 Å². The lowest BCUT2D eigenvalue weighted by atomic mass is 10.1. The van der Waals surface area contributed by atoms with Crippen molar-refractivity contribution in [3.63, 3.8) is 0 Å². The van der Waals surface area contributed by atoms with E-state index in [4.69, 9.17) is 4.74 Å². The maximum atomic E-state index is 14.1. The Morgan fingerprint density at radius 3 is 2.76 bits per heavy atom. The lowest BCUT2D eigenvalue weighted by Crippen LogP contribution is -2.21. The molecule has 0 saturated carbocycles. The molecule has 2 rings (SSSR count). The SMILES string of the molecule is COCc1nc(-c2ccc(C)cc2F)sc1CNC(C)C. The molecule has 0 aliphatic carbocycles. The zero-order valence-corrected chi connectivity index (χ0v) is 13.7. The molecular weight excluding hydrogens is 287 g/mol. The molecule has 0 bridgehead atoms. The number of halogens is 1. The van der Waals surface area contributed by atoms with Crippen LogP contribution in [0.15, 0.2) is 18.2 Å². The second kappa shape index (κ2) is 7.11. The van der Waals surface area contributed by atoms with Gasteiger partial charge in [0, 0.05) is 30.1 Å². The normalized spacial score (nSPS) is 11.3. The van der Waals surface area contributed by atoms with Gasteiger partial charge in [0.2, 0.25) is 0 Å². The minimum Gasteiger partial charge on any atom is -0.378 e. The molecule has 0 atom stereocenters. The van der Waals surface area contributed by atoms with Gasteiger partial charge in [-0.3, -0.25) is 0 Å². The third kappa shape index (κ3) is 4.09. The number of methoxy groups -OCH3 is 1. The van der Waals surface area contributed by atoms with Crippen LogP contribution in [0.25, 0.3) is 10.6 Å². The summed E-state index contributed by atoms with van der Waals surface area (Å²) in [7, 11) is 1.64. The minimum absolute atomic E-state index is 0.226. The fourth-order valence-corrected chi connectivity index (χ4v) is 3.02. The molecule has 0 fully saturated rings. The van der Waals surface area contributed by atoms with Crippen LogP contribution >= 0.6 is 11.3 Å². The summed E-state index contributed by atoms with van der Waals surface area (Å²) in [4.78, 5) is 5.65. The number of hydrogen-bond acceptors (Lipinski definition) is 4. The summed E-state index contributed by atoms with van der Waals surface area (Å²) >= 11 is 1.52. The van der Waals surface area contributed by atoms with Crippen molar-refractivity contribution in [3.8, 4) is 10.6 Å². The van der Waals surface area contributed by atoms with E-state index < -0.39 is 0 Å². The summed E-state index contributed by atoms with van der Waals surface area (Å²) in [6, 6.07) is 5.63. The van der Waals surface area contributed by atoms with Crippen molar-refractivity contribution in [2.24, 2.45) is 0 Å². The van der Waals surface area contributed by atoms with E-state index in [0.717, 1.165) is 22.7 Å². The predicted molar refractivity (Wildman–Crippen MR) is 84.9 cm³/mol. The molecule has 0 saturated heterocycles. The van der Waals surface area contributed by atoms with E-state index in [1.807, 2.05) is 13.0 Å². The molecule has 0 aliphatic heterocycles. The molecule has 1 N–H and O–H groups in total. The van der Waals surface area contributed by atoms with Gasteiger partial charge in [-0.05, 0) is 24.6 Å². The lowest BCUT2D eigenvalue weighted by Gasteiger charge is -2.07. The Morgan fingerprint density at radius 1 is 1.38 bits per heavy atom. The highest BCUT2D eigenvalue weighted by Crippen LogP contribution is 2.30. The van der Waals surface area contributed by atoms with Crippen LogP contribution in [-0.4, -0.2) is 18.1 Å². The highest BCUT2D eigenvalue weighted by Gasteiger charge is 2.15. The summed E-state index contributed by atoms with van der Waals surface area (Å²) in [5, 5.41) is 4.08. The largest absolute Gasteiger partial charge is 0.378 e. The molecule has 0 unspecified atom stereocenters. The molecule has 5 heteroatoms. The molecule has 21 heavy (non-hydrogen) atoms. The average molecular weight is 308 g/mol. The molecular formula is C16H21FN2OS. The van der Waals surface area contributed by atoms with E-state index in [-0.39, 0.29) is 5.82 Å². The van der Waals surface area contributed by atoms with Crippen molar-refractivity contribution >= 4 is 11.3 Å². The van der Waals surface area contributed by atoms with Crippen molar-refractivity contribution in [2.75, 3.05) is 7.11 Å². The number of benzene rings is 1. The molecule has 0 radical (unpaired) electrons. The number of aromatic nitrogens is 1. The van der Waals surface area contributed by atoms with Crippen LogP contribution in [0, 0.1) is 12.7 Å². The van der Waals surface area contributed by atoms with Gasteiger partial charge in [-0.1, -0.05) is 19.9 Å². The second-order valence-corrected chi connectivity index (χ2v) is 6.42. The Morgan fingerprint density at radius 2 is 2.14 bits per heavy atom. The van der Waals surface area contributed by atoms with E-state index in [2.05, 4.69) is 24.1 Å². The molecule has 0 aliphatic rings. The molecule has 1 aromatic heterocycles. The Kier molecular flexibility index (Phi) is 5.45. The minimum atomic E-state index is -0.226. The second-order valence-electron chi connectivity index (χ2n) is 5.34. The van der Waals surface area contributed by atoms with E-state index in [9.17, 15) is 4.39 Å². The number of aryl methyl sites for hydroxylation is 1. The molecule has 0 spiro atoms. The van der Waals surface area contributed by atoms with Gasteiger partial charge in [-0.15, -0.1) is 11.3 Å². The number of hydrogen-bond donors (Lipinski definition) is 1. The molecule has 2 aromatic rings. The smallest absolute Gasteiger partial charge is 0.133 e. The monoisotopic (exact) mass is 308 g/mol. The third-order valence-electron chi connectivity index (χ3n) is 3.09. The van der Waals surface area contributed by atoms with Crippen LogP contribution in [0.1, 0.15) is 30.0 Å². The summed E-state index contributed by atoms with van der Waals surface area (Å²) in [5.74, 6) is -0.226. The average Bonchev–Trinajstić information content (AvgIpc) is 2.80. The van der Waals surface area contributed by atoms with Gasteiger partial charge in [-0.2, -0.15) is 0 Å². The van der Waals surface area contributed by atoms with Crippen molar-refractivity contribution in [2.45, 2.75) is 40.0 Å². The van der Waals surface area contributed by atoms with Crippen LogP contribution in [-0.2, 0) is 17.9 Å².